The zero-order valence-corrected chi connectivity index (χ0v) is 17.6. The van der Waals surface area contributed by atoms with Crippen LogP contribution in [0.2, 0.25) is 20.1 Å². The molecule has 9 heteroatoms. The third kappa shape index (κ3) is 4.60. The number of amides is 1. The van der Waals surface area contributed by atoms with Crippen molar-refractivity contribution < 1.29 is 14.3 Å². The van der Waals surface area contributed by atoms with Crippen LogP contribution in [0.4, 0.5) is 0 Å². The number of esters is 1. The molecule has 0 saturated carbocycles. The van der Waals surface area contributed by atoms with Crippen molar-refractivity contribution in [1.82, 2.24) is 4.90 Å². The summed E-state index contributed by atoms with van der Waals surface area (Å²) >= 11 is 24.5. The summed E-state index contributed by atoms with van der Waals surface area (Å²) in [6, 6.07) is 10.7. The first-order valence-corrected chi connectivity index (χ1v) is 9.16. The third-order valence-electron chi connectivity index (χ3n) is 3.51. The van der Waals surface area contributed by atoms with Crippen LogP contribution in [0.25, 0.3) is 5.76 Å². The lowest BCUT2D eigenvalue weighted by atomic mass is 10.1. The van der Waals surface area contributed by atoms with Crippen molar-refractivity contribution in [2.45, 2.75) is 0 Å². The molecule has 28 heavy (non-hydrogen) atoms. The van der Waals surface area contributed by atoms with E-state index in [0.29, 0.717) is 0 Å². The number of nitrogens with zero attached hydrogens (tertiary/aromatic N) is 2. The zero-order chi connectivity index (χ0) is 21.0. The number of ether oxygens (including phenoxy) is 1. The lowest BCUT2D eigenvalue weighted by molar-refractivity contribution is -0.124. The van der Waals surface area contributed by atoms with E-state index in [2.05, 4.69) is 0 Å². The van der Waals surface area contributed by atoms with Gasteiger partial charge in [0.25, 0.3) is 5.91 Å². The van der Waals surface area contributed by atoms with Gasteiger partial charge in [0.2, 0.25) is 0 Å². The molecular weight excluding hydrogens is 446 g/mol. The molecule has 5 nitrogen and oxygen atoms in total. The van der Waals surface area contributed by atoms with Crippen LogP contribution in [0.15, 0.2) is 42.0 Å². The number of carbonyl (C=O) groups is 2. The minimum atomic E-state index is -0.971. The summed E-state index contributed by atoms with van der Waals surface area (Å²) in [4.78, 5) is 26.4. The lowest BCUT2D eigenvalue weighted by Gasteiger charge is -2.17. The van der Waals surface area contributed by atoms with Crippen LogP contribution in [0.5, 0.6) is 0 Å². The Morgan fingerprint density at radius 2 is 1.32 bits per heavy atom. The highest BCUT2D eigenvalue weighted by molar-refractivity contribution is 6.40. The van der Waals surface area contributed by atoms with Crippen molar-refractivity contribution >= 4 is 64.0 Å². The topological polar surface area (TPSA) is 70.4 Å². The Balaban J connectivity index is 2.72. The highest BCUT2D eigenvalue weighted by Gasteiger charge is 2.27. The Hall–Kier alpha value is -2.23. The van der Waals surface area contributed by atoms with E-state index in [1.807, 2.05) is 0 Å². The van der Waals surface area contributed by atoms with E-state index in [1.165, 1.54) is 38.4 Å². The first-order chi connectivity index (χ1) is 13.2. The van der Waals surface area contributed by atoms with Crippen LogP contribution in [-0.4, -0.2) is 30.9 Å². The van der Waals surface area contributed by atoms with Gasteiger partial charge in [0.05, 0.1) is 31.2 Å². The third-order valence-corrected chi connectivity index (χ3v) is 4.77. The number of hydrogen-bond acceptors (Lipinski definition) is 4. The molecule has 0 bridgehead atoms. The molecular formula is C19H12Cl4N2O3. The van der Waals surface area contributed by atoms with Gasteiger partial charge in [-0.05, 0) is 24.3 Å². The number of hydrogen-bond donors (Lipinski definition) is 0. The summed E-state index contributed by atoms with van der Waals surface area (Å²) in [5.74, 6) is -2.06. The van der Waals surface area contributed by atoms with Gasteiger partial charge in [0.1, 0.15) is 6.07 Å². The van der Waals surface area contributed by atoms with Gasteiger partial charge < -0.3 is 9.64 Å². The molecule has 0 aromatic heterocycles. The summed E-state index contributed by atoms with van der Waals surface area (Å²) in [5, 5.41) is 9.82. The highest BCUT2D eigenvalue weighted by atomic mass is 35.5. The summed E-state index contributed by atoms with van der Waals surface area (Å²) in [6.45, 7) is 0. The number of carbonyl (C=O) groups excluding carboxylic acids is 2. The maximum atomic E-state index is 12.8. The maximum absolute atomic E-state index is 12.8. The van der Waals surface area contributed by atoms with Crippen LogP contribution in [0, 0.1) is 11.3 Å². The van der Waals surface area contributed by atoms with Crippen molar-refractivity contribution in [2.24, 2.45) is 0 Å². The smallest absolute Gasteiger partial charge is 0.346 e. The van der Waals surface area contributed by atoms with Gasteiger partial charge in [-0.3, -0.25) is 4.79 Å². The molecule has 0 unspecified atom stereocenters. The first kappa shape index (κ1) is 22.1. The van der Waals surface area contributed by atoms with Crippen molar-refractivity contribution in [3.05, 3.63) is 73.2 Å². The Labute approximate surface area is 181 Å². The molecule has 0 aliphatic carbocycles. The molecule has 0 N–H and O–H groups in total. The number of rotatable bonds is 4. The van der Waals surface area contributed by atoms with Crippen LogP contribution in [0.1, 0.15) is 15.9 Å². The number of benzene rings is 2. The van der Waals surface area contributed by atoms with Gasteiger partial charge in [0, 0.05) is 14.1 Å². The van der Waals surface area contributed by atoms with E-state index < -0.39 is 23.2 Å². The van der Waals surface area contributed by atoms with Crippen molar-refractivity contribution in [2.75, 3.05) is 14.1 Å². The summed E-state index contributed by atoms with van der Waals surface area (Å²) in [5.41, 5.74) is -0.563. The molecule has 2 rings (SSSR count). The number of halogens is 4. The molecule has 0 radical (unpaired) electrons. The molecule has 0 saturated heterocycles. The minimum Gasteiger partial charge on any atom is -0.420 e. The number of likely N-dealkylation sites (N-methyl/N-ethyl adjacent to an activating group) is 1. The van der Waals surface area contributed by atoms with Crippen molar-refractivity contribution in [1.29, 1.82) is 5.26 Å². The van der Waals surface area contributed by atoms with E-state index in [9.17, 15) is 14.9 Å². The predicted molar refractivity (Wildman–Crippen MR) is 110 cm³/mol. The molecule has 0 spiro atoms. The molecule has 0 aliphatic rings. The van der Waals surface area contributed by atoms with Gasteiger partial charge in [-0.15, -0.1) is 0 Å². The van der Waals surface area contributed by atoms with Crippen LogP contribution >= 0.6 is 46.4 Å². The lowest BCUT2D eigenvalue weighted by Crippen LogP contribution is -2.24. The van der Waals surface area contributed by atoms with Gasteiger partial charge in [-0.1, -0.05) is 58.5 Å². The summed E-state index contributed by atoms with van der Waals surface area (Å²) in [6.07, 6.45) is 0. The molecule has 2 aromatic rings. The molecule has 144 valence electrons. The molecule has 2 aromatic carbocycles. The Kier molecular flexibility index (Phi) is 7.34. The van der Waals surface area contributed by atoms with Gasteiger partial charge in [-0.25, -0.2) is 4.79 Å². The Morgan fingerprint density at radius 1 is 0.893 bits per heavy atom. The monoisotopic (exact) mass is 456 g/mol. The predicted octanol–water partition coefficient (Wildman–Crippen LogP) is 5.48. The maximum Gasteiger partial charge on any atom is 0.346 e. The van der Waals surface area contributed by atoms with E-state index in [1.54, 1.807) is 18.2 Å². The Morgan fingerprint density at radius 3 is 1.71 bits per heavy atom. The van der Waals surface area contributed by atoms with Crippen molar-refractivity contribution in [3.63, 3.8) is 0 Å². The fourth-order valence-corrected chi connectivity index (χ4v) is 3.32. The summed E-state index contributed by atoms with van der Waals surface area (Å²) in [7, 11) is 2.89. The van der Waals surface area contributed by atoms with Crippen LogP contribution in [0.3, 0.4) is 0 Å². The first-order valence-electron chi connectivity index (χ1n) is 7.65. The zero-order valence-electron chi connectivity index (χ0n) is 14.6. The average Bonchev–Trinajstić information content (AvgIpc) is 2.61. The van der Waals surface area contributed by atoms with E-state index >= 15 is 0 Å². The SMILES string of the molecule is CN(C)C(=O)C(C#N)=C(OC(=O)c1c(Cl)cccc1Cl)c1c(Cl)cccc1Cl. The van der Waals surface area contributed by atoms with Gasteiger partial charge >= 0.3 is 5.97 Å². The van der Waals surface area contributed by atoms with Gasteiger partial charge in [-0.2, -0.15) is 5.26 Å². The number of nitriles is 1. The quantitative estimate of drug-likeness (QED) is 0.264. The molecule has 0 heterocycles. The largest absolute Gasteiger partial charge is 0.420 e. The van der Waals surface area contributed by atoms with Crippen LogP contribution < -0.4 is 0 Å². The normalized spacial score (nSPS) is 11.3. The van der Waals surface area contributed by atoms with E-state index in [-0.39, 0.29) is 31.2 Å². The second kappa shape index (κ2) is 9.31. The molecule has 0 fully saturated rings. The second-order valence-corrected chi connectivity index (χ2v) is 7.23. The summed E-state index contributed by atoms with van der Waals surface area (Å²) < 4.78 is 5.40. The molecule has 0 aliphatic heterocycles. The van der Waals surface area contributed by atoms with E-state index in [0.717, 1.165) is 4.90 Å². The average molecular weight is 458 g/mol. The second-order valence-electron chi connectivity index (χ2n) is 5.60. The fourth-order valence-electron chi connectivity index (χ4n) is 2.20. The Bertz CT molecular complexity index is 986. The standard InChI is InChI=1S/C19H12Cl4N2O3/c1-25(2)18(26)10(9-24)17(15-11(20)5-3-6-12(15)21)28-19(27)16-13(22)7-4-8-14(16)23/h3-8H,1-2H3. The minimum absolute atomic E-state index is 0.0223. The van der Waals surface area contributed by atoms with Crippen molar-refractivity contribution in [3.8, 4) is 6.07 Å². The van der Waals surface area contributed by atoms with E-state index in [4.69, 9.17) is 51.1 Å². The van der Waals surface area contributed by atoms with Crippen LogP contribution in [-0.2, 0) is 9.53 Å². The molecule has 0 atom stereocenters. The molecule has 1 amide bonds. The fraction of sp³-hybridized carbons (Fsp3) is 0.105. The highest BCUT2D eigenvalue weighted by Crippen LogP contribution is 2.35. The van der Waals surface area contributed by atoms with Gasteiger partial charge in [0.15, 0.2) is 11.3 Å².